The molecular weight excluding hydrogens is 283 g/mol. The molecule has 0 saturated heterocycles. The molecule has 2 N–H and O–H groups in total. The molecule has 0 fully saturated rings. The second-order valence-corrected chi connectivity index (χ2v) is 4.56. The lowest BCUT2D eigenvalue weighted by molar-refractivity contribution is -0.144. The van der Waals surface area contributed by atoms with Gasteiger partial charge in [0, 0.05) is 19.2 Å². The van der Waals surface area contributed by atoms with Gasteiger partial charge in [0.1, 0.15) is 0 Å². The van der Waals surface area contributed by atoms with Crippen molar-refractivity contribution in [2.45, 2.75) is 25.6 Å². The van der Waals surface area contributed by atoms with Crippen molar-refractivity contribution < 1.29 is 18.0 Å². The molecule has 0 spiro atoms. The second kappa shape index (κ2) is 6.43. The van der Waals surface area contributed by atoms with Gasteiger partial charge in [-0.05, 0) is 17.2 Å². The van der Waals surface area contributed by atoms with Crippen LogP contribution in [0.25, 0.3) is 11.3 Å². The minimum Gasteiger partial charge on any atom is -0.352 e. The summed E-state index contributed by atoms with van der Waals surface area (Å²) in [6.07, 6.45) is -4.31. The molecule has 1 amide bonds. The van der Waals surface area contributed by atoms with Gasteiger partial charge < -0.3 is 5.32 Å². The topological polar surface area (TPSA) is 57.8 Å². The number of nitrogens with one attached hydrogen (secondary N) is 2. The maximum atomic E-state index is 12.0. The van der Waals surface area contributed by atoms with Crippen LogP contribution in [-0.2, 0) is 11.3 Å². The molecule has 0 bridgehead atoms. The van der Waals surface area contributed by atoms with Gasteiger partial charge in [-0.1, -0.05) is 24.3 Å². The molecule has 2 rings (SSSR count). The SMILES string of the molecule is O=C(CCC(F)(F)F)NCc1ccc(-c2ccn[nH]2)cc1. The number of hydrogen-bond donors (Lipinski definition) is 2. The first-order valence-electron chi connectivity index (χ1n) is 6.36. The maximum Gasteiger partial charge on any atom is 0.389 e. The third kappa shape index (κ3) is 4.94. The van der Waals surface area contributed by atoms with Crippen molar-refractivity contribution in [3.05, 3.63) is 42.1 Å². The molecule has 0 unspecified atom stereocenters. The summed E-state index contributed by atoms with van der Waals surface area (Å²) in [5.41, 5.74) is 2.63. The smallest absolute Gasteiger partial charge is 0.352 e. The lowest BCUT2D eigenvalue weighted by atomic mass is 10.1. The van der Waals surface area contributed by atoms with Gasteiger partial charge in [-0.2, -0.15) is 18.3 Å². The first kappa shape index (κ1) is 15.1. The fourth-order valence-electron chi connectivity index (χ4n) is 1.76. The Morgan fingerprint density at radius 2 is 1.90 bits per heavy atom. The van der Waals surface area contributed by atoms with E-state index in [1.807, 2.05) is 18.2 Å². The summed E-state index contributed by atoms with van der Waals surface area (Å²) in [4.78, 5) is 11.3. The first-order chi connectivity index (χ1) is 9.94. The van der Waals surface area contributed by atoms with E-state index in [4.69, 9.17) is 0 Å². The summed E-state index contributed by atoms with van der Waals surface area (Å²) < 4.78 is 35.9. The third-order valence-corrected chi connectivity index (χ3v) is 2.89. The summed E-state index contributed by atoms with van der Waals surface area (Å²) in [7, 11) is 0. The van der Waals surface area contributed by atoms with Gasteiger partial charge >= 0.3 is 6.18 Å². The number of nitrogens with zero attached hydrogens (tertiary/aromatic N) is 1. The quantitative estimate of drug-likeness (QED) is 0.891. The Kier molecular flexibility index (Phi) is 4.62. The molecule has 0 aliphatic rings. The van der Waals surface area contributed by atoms with Gasteiger partial charge in [-0.3, -0.25) is 9.89 Å². The standard InChI is InChI=1S/C14H14F3N3O/c15-14(16,17)7-5-13(21)18-9-10-1-3-11(4-2-10)12-6-8-19-20-12/h1-4,6,8H,5,7,9H2,(H,18,21)(H,19,20). The van der Waals surface area contributed by atoms with Crippen LogP contribution in [0.2, 0.25) is 0 Å². The number of benzene rings is 1. The molecular formula is C14H14F3N3O. The highest BCUT2D eigenvalue weighted by Gasteiger charge is 2.27. The van der Waals surface area contributed by atoms with Crippen molar-refractivity contribution in [3.8, 4) is 11.3 Å². The number of aromatic amines is 1. The Hall–Kier alpha value is -2.31. The van der Waals surface area contributed by atoms with Crippen molar-refractivity contribution in [1.29, 1.82) is 0 Å². The molecule has 21 heavy (non-hydrogen) atoms. The summed E-state index contributed by atoms with van der Waals surface area (Å²) in [6, 6.07) is 9.14. The Morgan fingerprint density at radius 3 is 2.48 bits per heavy atom. The van der Waals surface area contributed by atoms with Crippen molar-refractivity contribution in [3.63, 3.8) is 0 Å². The molecule has 0 aliphatic heterocycles. The van der Waals surface area contributed by atoms with Gasteiger partial charge in [0.05, 0.1) is 12.1 Å². The Morgan fingerprint density at radius 1 is 1.19 bits per heavy atom. The fraction of sp³-hybridized carbons (Fsp3) is 0.286. The van der Waals surface area contributed by atoms with Crippen LogP contribution in [0.5, 0.6) is 0 Å². The normalized spacial score (nSPS) is 11.4. The zero-order valence-electron chi connectivity index (χ0n) is 11.1. The van der Waals surface area contributed by atoms with Crippen molar-refractivity contribution in [2.24, 2.45) is 0 Å². The monoisotopic (exact) mass is 297 g/mol. The zero-order valence-corrected chi connectivity index (χ0v) is 11.1. The predicted molar refractivity (Wildman–Crippen MR) is 71.2 cm³/mol. The third-order valence-electron chi connectivity index (χ3n) is 2.89. The summed E-state index contributed by atoms with van der Waals surface area (Å²) in [5.74, 6) is -0.607. The van der Waals surface area contributed by atoms with Crippen LogP contribution in [-0.4, -0.2) is 22.3 Å². The molecule has 4 nitrogen and oxygen atoms in total. The lowest BCUT2D eigenvalue weighted by Gasteiger charge is -2.08. The summed E-state index contributed by atoms with van der Waals surface area (Å²) >= 11 is 0. The van der Waals surface area contributed by atoms with Gasteiger partial charge in [-0.15, -0.1) is 0 Å². The van der Waals surface area contributed by atoms with Crippen LogP contribution >= 0.6 is 0 Å². The average molecular weight is 297 g/mol. The molecule has 2 aromatic rings. The second-order valence-electron chi connectivity index (χ2n) is 4.56. The Bertz CT molecular complexity index is 577. The van der Waals surface area contributed by atoms with Crippen LogP contribution < -0.4 is 5.32 Å². The van der Waals surface area contributed by atoms with Crippen LogP contribution in [0.15, 0.2) is 36.5 Å². The van der Waals surface area contributed by atoms with Crippen molar-refractivity contribution >= 4 is 5.91 Å². The molecule has 0 aliphatic carbocycles. The lowest BCUT2D eigenvalue weighted by Crippen LogP contribution is -2.24. The van der Waals surface area contributed by atoms with Crippen molar-refractivity contribution in [1.82, 2.24) is 15.5 Å². The van der Waals surface area contributed by atoms with Gasteiger partial charge in [0.25, 0.3) is 0 Å². The molecule has 0 atom stereocenters. The number of carbonyl (C=O) groups is 1. The van der Waals surface area contributed by atoms with E-state index in [0.717, 1.165) is 16.8 Å². The van der Waals surface area contributed by atoms with E-state index in [0.29, 0.717) is 0 Å². The van der Waals surface area contributed by atoms with E-state index in [-0.39, 0.29) is 6.54 Å². The van der Waals surface area contributed by atoms with E-state index in [9.17, 15) is 18.0 Å². The van der Waals surface area contributed by atoms with Crippen LogP contribution in [0.1, 0.15) is 18.4 Å². The van der Waals surface area contributed by atoms with E-state index >= 15 is 0 Å². The van der Waals surface area contributed by atoms with Crippen LogP contribution in [0.3, 0.4) is 0 Å². The number of aromatic nitrogens is 2. The van der Waals surface area contributed by atoms with Gasteiger partial charge in [0.15, 0.2) is 0 Å². The maximum absolute atomic E-state index is 12.0. The van der Waals surface area contributed by atoms with Crippen LogP contribution in [0, 0.1) is 0 Å². The van der Waals surface area contributed by atoms with E-state index in [1.54, 1.807) is 18.3 Å². The van der Waals surface area contributed by atoms with E-state index in [1.165, 1.54) is 0 Å². The van der Waals surface area contributed by atoms with Gasteiger partial charge in [0.2, 0.25) is 5.91 Å². The minimum absolute atomic E-state index is 0.208. The number of rotatable bonds is 5. The highest BCUT2D eigenvalue weighted by atomic mass is 19.4. The fourth-order valence-corrected chi connectivity index (χ4v) is 1.76. The van der Waals surface area contributed by atoms with E-state index in [2.05, 4.69) is 15.5 Å². The van der Waals surface area contributed by atoms with Crippen LogP contribution in [0.4, 0.5) is 13.2 Å². The summed E-state index contributed by atoms with van der Waals surface area (Å²) in [5, 5.41) is 9.14. The number of alkyl halides is 3. The Balaban J connectivity index is 1.82. The van der Waals surface area contributed by atoms with Crippen molar-refractivity contribution in [2.75, 3.05) is 0 Å². The molecule has 7 heteroatoms. The number of halogens is 3. The number of amides is 1. The largest absolute Gasteiger partial charge is 0.389 e. The number of carbonyl (C=O) groups excluding carboxylic acids is 1. The molecule has 0 radical (unpaired) electrons. The molecule has 112 valence electrons. The van der Waals surface area contributed by atoms with E-state index < -0.39 is 24.9 Å². The average Bonchev–Trinajstić information content (AvgIpc) is 2.97. The van der Waals surface area contributed by atoms with Gasteiger partial charge in [-0.25, -0.2) is 0 Å². The molecule has 1 aromatic heterocycles. The Labute approximate surface area is 119 Å². The molecule has 1 aromatic carbocycles. The molecule has 1 heterocycles. The number of hydrogen-bond acceptors (Lipinski definition) is 2. The highest BCUT2D eigenvalue weighted by Crippen LogP contribution is 2.21. The summed E-state index contributed by atoms with van der Waals surface area (Å²) in [6.45, 7) is 0.208. The molecule has 0 saturated carbocycles. The first-order valence-corrected chi connectivity index (χ1v) is 6.36. The minimum atomic E-state index is -4.30. The highest BCUT2D eigenvalue weighted by molar-refractivity contribution is 5.75. The predicted octanol–water partition coefficient (Wildman–Crippen LogP) is 3.04. The number of H-pyrrole nitrogens is 1. The zero-order chi connectivity index (χ0) is 15.3.